The largest absolute Gasteiger partial charge is 0.435 e. The SMILES string of the molecule is CSCC(C)(C)NC(=O)c1c(C(=O)Nc2ccc(C(F)(C(F)(F)F)C(F)(F)F)cc2C)cc2ccccc2c1I. The van der Waals surface area contributed by atoms with Crippen molar-refractivity contribution in [3.05, 3.63) is 74.4 Å². The van der Waals surface area contributed by atoms with Crippen LogP contribution in [0.25, 0.3) is 10.8 Å². The third-order valence-electron chi connectivity index (χ3n) is 6.07. The summed E-state index contributed by atoms with van der Waals surface area (Å²) < 4.78 is 94.2. The molecule has 0 aliphatic carbocycles. The van der Waals surface area contributed by atoms with Crippen molar-refractivity contribution in [1.29, 1.82) is 0 Å². The Morgan fingerprint density at radius 3 is 2.05 bits per heavy atom. The van der Waals surface area contributed by atoms with E-state index in [0.29, 0.717) is 32.2 Å². The molecular weight excluding hydrogens is 676 g/mol. The average molecular weight is 700 g/mol. The van der Waals surface area contributed by atoms with E-state index in [1.54, 1.807) is 24.3 Å². The first-order valence-electron chi connectivity index (χ1n) is 11.6. The molecule has 216 valence electrons. The van der Waals surface area contributed by atoms with Gasteiger partial charge in [-0.25, -0.2) is 4.39 Å². The molecule has 0 fully saturated rings. The molecular formula is C27H24F7IN2O2S. The zero-order valence-electron chi connectivity index (χ0n) is 21.6. The normalized spacial score (nSPS) is 12.9. The molecule has 0 unspecified atom stereocenters. The Labute approximate surface area is 243 Å². The lowest BCUT2D eigenvalue weighted by molar-refractivity contribution is -0.348. The number of thioether (sulfide) groups is 1. The van der Waals surface area contributed by atoms with E-state index in [1.807, 2.05) is 42.7 Å². The molecule has 0 heterocycles. The highest BCUT2D eigenvalue weighted by atomic mass is 127. The Morgan fingerprint density at radius 2 is 1.50 bits per heavy atom. The summed E-state index contributed by atoms with van der Waals surface area (Å²) in [7, 11) is 0. The fourth-order valence-electron chi connectivity index (χ4n) is 4.17. The summed E-state index contributed by atoms with van der Waals surface area (Å²) in [4.78, 5) is 26.9. The number of fused-ring (bicyclic) bond motifs is 1. The second kappa shape index (κ2) is 11.4. The van der Waals surface area contributed by atoms with Crippen LogP contribution in [0.1, 0.15) is 45.7 Å². The number of aryl methyl sites for hydroxylation is 1. The molecule has 13 heteroatoms. The van der Waals surface area contributed by atoms with E-state index in [2.05, 4.69) is 10.6 Å². The number of alkyl halides is 7. The van der Waals surface area contributed by atoms with Gasteiger partial charge in [0, 0.05) is 26.1 Å². The van der Waals surface area contributed by atoms with Gasteiger partial charge in [0.15, 0.2) is 0 Å². The number of hydrogen-bond donors (Lipinski definition) is 2. The monoisotopic (exact) mass is 700 g/mol. The van der Waals surface area contributed by atoms with Crippen molar-refractivity contribution in [3.63, 3.8) is 0 Å². The van der Waals surface area contributed by atoms with Gasteiger partial charge in [-0.2, -0.15) is 38.1 Å². The number of rotatable bonds is 7. The van der Waals surface area contributed by atoms with Crippen molar-refractivity contribution in [3.8, 4) is 0 Å². The van der Waals surface area contributed by atoms with E-state index in [1.165, 1.54) is 17.8 Å². The van der Waals surface area contributed by atoms with E-state index < -0.39 is 40.9 Å². The Hall–Kier alpha value is -2.55. The van der Waals surface area contributed by atoms with Gasteiger partial charge >= 0.3 is 18.0 Å². The number of anilines is 1. The third-order valence-corrected chi connectivity index (χ3v) is 8.20. The highest BCUT2D eigenvalue weighted by Gasteiger charge is 2.73. The van der Waals surface area contributed by atoms with Crippen LogP contribution in [0.4, 0.5) is 36.4 Å². The van der Waals surface area contributed by atoms with E-state index in [-0.39, 0.29) is 22.4 Å². The summed E-state index contributed by atoms with van der Waals surface area (Å²) in [5.41, 5.74) is -8.31. The maximum atomic E-state index is 14.5. The van der Waals surface area contributed by atoms with Gasteiger partial charge in [0.05, 0.1) is 11.1 Å². The van der Waals surface area contributed by atoms with E-state index >= 15 is 0 Å². The molecule has 40 heavy (non-hydrogen) atoms. The minimum Gasteiger partial charge on any atom is -0.346 e. The molecule has 3 aromatic rings. The number of halogens is 8. The van der Waals surface area contributed by atoms with Crippen LogP contribution in [0.5, 0.6) is 0 Å². The zero-order chi connectivity index (χ0) is 30.3. The smallest absolute Gasteiger partial charge is 0.346 e. The minimum atomic E-state index is -6.27. The summed E-state index contributed by atoms with van der Waals surface area (Å²) in [6.45, 7) is 4.76. The number of carbonyl (C=O) groups excluding carboxylic acids is 2. The molecule has 0 aliphatic rings. The molecule has 3 aromatic carbocycles. The van der Waals surface area contributed by atoms with Gasteiger partial charge in [0.25, 0.3) is 11.8 Å². The van der Waals surface area contributed by atoms with Gasteiger partial charge < -0.3 is 10.6 Å². The summed E-state index contributed by atoms with van der Waals surface area (Å²) in [5.74, 6) is -0.795. The zero-order valence-corrected chi connectivity index (χ0v) is 24.5. The van der Waals surface area contributed by atoms with Gasteiger partial charge in [-0.15, -0.1) is 0 Å². The number of nitrogens with one attached hydrogen (secondary N) is 2. The van der Waals surface area contributed by atoms with Crippen LogP contribution in [-0.2, 0) is 5.67 Å². The standard InChI is InChI=1S/C27H24F7IN2O2S/c1-14-11-16(25(28,26(29,30)31)27(32,33)34)9-10-19(14)36-22(38)18-12-15-7-5-6-8-17(15)21(35)20(18)23(39)37-24(2,3)13-40-4/h5-12H,13H2,1-4H3,(H,36,38)(H,37,39). The van der Waals surface area contributed by atoms with Gasteiger partial charge in [-0.1, -0.05) is 36.4 Å². The maximum Gasteiger partial charge on any atom is 0.435 e. The van der Waals surface area contributed by atoms with Gasteiger partial charge in [0.1, 0.15) is 0 Å². The predicted octanol–water partition coefficient (Wildman–Crippen LogP) is 8.17. The van der Waals surface area contributed by atoms with Crippen LogP contribution in [-0.4, -0.2) is 41.7 Å². The van der Waals surface area contributed by atoms with E-state index in [4.69, 9.17) is 0 Å². The Balaban J connectivity index is 2.08. The fourth-order valence-corrected chi connectivity index (χ4v) is 5.99. The number of carbonyl (C=O) groups is 2. The van der Waals surface area contributed by atoms with E-state index in [0.717, 1.165) is 13.0 Å². The van der Waals surface area contributed by atoms with Crippen molar-refractivity contribution in [1.82, 2.24) is 5.32 Å². The van der Waals surface area contributed by atoms with Crippen LogP contribution in [0.15, 0.2) is 48.5 Å². The van der Waals surface area contributed by atoms with Crippen molar-refractivity contribution in [2.24, 2.45) is 0 Å². The van der Waals surface area contributed by atoms with Gasteiger partial charge in [0.2, 0.25) is 0 Å². The lowest BCUT2D eigenvalue weighted by Gasteiger charge is -2.30. The molecule has 0 aliphatic heterocycles. The van der Waals surface area contributed by atoms with Crippen LogP contribution in [0.3, 0.4) is 0 Å². The quantitative estimate of drug-likeness (QED) is 0.193. The Kier molecular flexibility index (Phi) is 9.09. The molecule has 0 atom stereocenters. The van der Waals surface area contributed by atoms with Crippen LogP contribution < -0.4 is 10.6 Å². The first-order valence-corrected chi connectivity index (χ1v) is 14.1. The molecule has 4 nitrogen and oxygen atoms in total. The van der Waals surface area contributed by atoms with Gasteiger partial charge in [-0.3, -0.25) is 9.59 Å². The molecule has 3 rings (SSSR count). The molecule has 0 spiro atoms. The highest BCUT2D eigenvalue weighted by molar-refractivity contribution is 14.1. The lowest BCUT2D eigenvalue weighted by atomic mass is 9.92. The molecule has 0 saturated heterocycles. The Morgan fingerprint density at radius 1 is 0.900 bits per heavy atom. The van der Waals surface area contributed by atoms with Crippen molar-refractivity contribution < 1.29 is 40.3 Å². The number of benzene rings is 3. The minimum absolute atomic E-state index is 0.0529. The first-order chi connectivity index (χ1) is 18.3. The topological polar surface area (TPSA) is 58.2 Å². The predicted molar refractivity (Wildman–Crippen MR) is 151 cm³/mol. The Bertz CT molecular complexity index is 1440. The molecule has 0 bridgehead atoms. The highest BCUT2D eigenvalue weighted by Crippen LogP contribution is 2.53. The summed E-state index contributed by atoms with van der Waals surface area (Å²) >= 11 is 3.46. The first kappa shape index (κ1) is 32.0. The fraction of sp³-hybridized carbons (Fsp3) is 0.333. The summed E-state index contributed by atoms with van der Waals surface area (Å²) in [6.07, 6.45) is -10.7. The molecule has 0 radical (unpaired) electrons. The second-order valence-electron chi connectivity index (χ2n) is 9.74. The second-order valence-corrected chi connectivity index (χ2v) is 11.7. The van der Waals surface area contributed by atoms with Gasteiger partial charge in [-0.05, 0) is 78.1 Å². The average Bonchev–Trinajstić information content (AvgIpc) is 2.82. The van der Waals surface area contributed by atoms with Crippen LogP contribution >= 0.6 is 34.4 Å². The van der Waals surface area contributed by atoms with E-state index in [9.17, 15) is 40.3 Å². The molecule has 0 saturated carbocycles. The molecule has 2 N–H and O–H groups in total. The summed E-state index contributed by atoms with van der Waals surface area (Å²) in [6, 6.07) is 9.95. The van der Waals surface area contributed by atoms with Crippen LogP contribution in [0.2, 0.25) is 0 Å². The molecule has 2 amide bonds. The van der Waals surface area contributed by atoms with Crippen molar-refractivity contribution in [2.75, 3.05) is 17.3 Å². The maximum absolute atomic E-state index is 14.5. The van der Waals surface area contributed by atoms with Crippen molar-refractivity contribution >= 4 is 62.6 Å². The number of hydrogen-bond acceptors (Lipinski definition) is 3. The molecule has 0 aromatic heterocycles. The van der Waals surface area contributed by atoms with Crippen molar-refractivity contribution in [2.45, 2.75) is 44.3 Å². The number of amides is 2. The lowest BCUT2D eigenvalue weighted by Crippen LogP contribution is -2.50. The summed E-state index contributed by atoms with van der Waals surface area (Å²) in [5, 5.41) is 6.68. The van der Waals surface area contributed by atoms with Crippen LogP contribution in [0, 0.1) is 10.5 Å². The third kappa shape index (κ3) is 6.19.